The first-order valence-electron chi connectivity index (χ1n) is 9.12. The highest BCUT2D eigenvalue weighted by Crippen LogP contribution is 2.21. The predicted octanol–water partition coefficient (Wildman–Crippen LogP) is 2.24. The van der Waals surface area contributed by atoms with Crippen molar-refractivity contribution in [3.8, 4) is 0 Å². The number of amides is 2. The largest absolute Gasteiger partial charge is 0.340 e. The molecule has 0 saturated carbocycles. The quantitative estimate of drug-likeness (QED) is 0.824. The Morgan fingerprint density at radius 3 is 2.38 bits per heavy atom. The number of benzene rings is 2. The van der Waals surface area contributed by atoms with Gasteiger partial charge in [0.15, 0.2) is 0 Å². The van der Waals surface area contributed by atoms with E-state index in [2.05, 4.69) is 5.32 Å². The Morgan fingerprint density at radius 2 is 1.72 bits per heavy atom. The molecule has 0 unspecified atom stereocenters. The van der Waals surface area contributed by atoms with Gasteiger partial charge in [-0.3, -0.25) is 9.59 Å². The van der Waals surface area contributed by atoms with Crippen LogP contribution in [0, 0.1) is 12.7 Å². The van der Waals surface area contributed by atoms with Gasteiger partial charge in [0.2, 0.25) is 15.9 Å². The number of nitrogens with one attached hydrogen (secondary N) is 1. The summed E-state index contributed by atoms with van der Waals surface area (Å²) in [6.45, 7) is 4.23. The molecular weight excluding hydrogens is 397 g/mol. The molecule has 0 aliphatic carbocycles. The molecule has 0 radical (unpaired) electrons. The lowest BCUT2D eigenvalue weighted by molar-refractivity contribution is -0.129. The second kappa shape index (κ2) is 8.30. The fourth-order valence-corrected chi connectivity index (χ4v) is 4.58. The average molecular weight is 419 g/mol. The second-order valence-electron chi connectivity index (χ2n) is 6.85. The summed E-state index contributed by atoms with van der Waals surface area (Å²) in [5, 5.41) is 2.61. The maximum Gasteiger partial charge on any atom is 0.255 e. The molecule has 0 atom stereocenters. The minimum atomic E-state index is -3.80. The van der Waals surface area contributed by atoms with Crippen LogP contribution in [0.5, 0.6) is 0 Å². The van der Waals surface area contributed by atoms with Crippen molar-refractivity contribution in [3.05, 3.63) is 59.4 Å². The summed E-state index contributed by atoms with van der Waals surface area (Å²) in [6, 6.07) is 9.77. The van der Waals surface area contributed by atoms with E-state index in [0.29, 0.717) is 24.3 Å². The Bertz CT molecular complexity index is 1050. The van der Waals surface area contributed by atoms with Crippen LogP contribution in [0.25, 0.3) is 0 Å². The third kappa shape index (κ3) is 4.63. The zero-order valence-electron chi connectivity index (χ0n) is 16.2. The molecule has 0 bridgehead atoms. The van der Waals surface area contributed by atoms with Gasteiger partial charge in [-0.1, -0.05) is 12.1 Å². The molecule has 2 aromatic rings. The van der Waals surface area contributed by atoms with Crippen molar-refractivity contribution in [1.82, 2.24) is 9.21 Å². The van der Waals surface area contributed by atoms with E-state index in [9.17, 15) is 22.4 Å². The molecule has 1 N–H and O–H groups in total. The molecule has 1 aliphatic rings. The minimum absolute atomic E-state index is 0.00242. The molecule has 1 aliphatic heterocycles. The van der Waals surface area contributed by atoms with Gasteiger partial charge in [-0.15, -0.1) is 0 Å². The van der Waals surface area contributed by atoms with Crippen molar-refractivity contribution in [1.29, 1.82) is 0 Å². The summed E-state index contributed by atoms with van der Waals surface area (Å²) in [7, 11) is -3.80. The summed E-state index contributed by atoms with van der Waals surface area (Å²) in [5.74, 6) is -1.10. The smallest absolute Gasteiger partial charge is 0.255 e. The Balaban J connectivity index is 1.79. The number of hydrogen-bond donors (Lipinski definition) is 1. The molecule has 1 fully saturated rings. The van der Waals surface area contributed by atoms with E-state index in [4.69, 9.17) is 0 Å². The number of anilines is 1. The van der Waals surface area contributed by atoms with E-state index in [0.717, 1.165) is 0 Å². The van der Waals surface area contributed by atoms with Gasteiger partial charge in [0.1, 0.15) is 5.82 Å². The zero-order valence-corrected chi connectivity index (χ0v) is 17.0. The van der Waals surface area contributed by atoms with Crippen LogP contribution in [-0.2, 0) is 14.8 Å². The van der Waals surface area contributed by atoms with Gasteiger partial charge >= 0.3 is 0 Å². The molecule has 2 amide bonds. The fourth-order valence-electron chi connectivity index (χ4n) is 3.11. The van der Waals surface area contributed by atoms with E-state index in [-0.39, 0.29) is 29.5 Å². The summed E-state index contributed by atoms with van der Waals surface area (Å²) in [4.78, 5) is 25.6. The number of piperazine rings is 1. The van der Waals surface area contributed by atoms with Crippen molar-refractivity contribution in [2.75, 3.05) is 31.5 Å². The number of nitrogens with zero attached hydrogens (tertiary/aromatic N) is 2. The molecule has 9 heteroatoms. The zero-order chi connectivity index (χ0) is 21.2. The molecule has 154 valence electrons. The molecule has 29 heavy (non-hydrogen) atoms. The second-order valence-corrected chi connectivity index (χ2v) is 8.79. The maximum atomic E-state index is 13.4. The highest BCUT2D eigenvalue weighted by Gasteiger charge is 2.29. The molecule has 3 rings (SSSR count). The van der Waals surface area contributed by atoms with Crippen molar-refractivity contribution in [2.24, 2.45) is 0 Å². The van der Waals surface area contributed by atoms with Crippen LogP contribution < -0.4 is 5.32 Å². The van der Waals surface area contributed by atoms with Crippen molar-refractivity contribution in [3.63, 3.8) is 0 Å². The normalized spacial score (nSPS) is 15.2. The topological polar surface area (TPSA) is 86.8 Å². The van der Waals surface area contributed by atoms with Crippen LogP contribution >= 0.6 is 0 Å². The van der Waals surface area contributed by atoms with Gasteiger partial charge < -0.3 is 10.2 Å². The first-order valence-corrected chi connectivity index (χ1v) is 10.6. The summed E-state index contributed by atoms with van der Waals surface area (Å²) in [6.07, 6.45) is 0. The van der Waals surface area contributed by atoms with E-state index in [1.807, 2.05) is 0 Å². The van der Waals surface area contributed by atoms with Crippen LogP contribution in [0.4, 0.5) is 10.1 Å². The highest BCUT2D eigenvalue weighted by atomic mass is 32.2. The van der Waals surface area contributed by atoms with Crippen LogP contribution in [0.2, 0.25) is 0 Å². The van der Waals surface area contributed by atoms with Gasteiger partial charge in [0, 0.05) is 44.4 Å². The monoisotopic (exact) mass is 419 g/mol. The predicted molar refractivity (Wildman–Crippen MR) is 107 cm³/mol. The van der Waals surface area contributed by atoms with Gasteiger partial charge in [-0.25, -0.2) is 12.8 Å². The van der Waals surface area contributed by atoms with Crippen molar-refractivity contribution in [2.45, 2.75) is 18.7 Å². The summed E-state index contributed by atoms with van der Waals surface area (Å²) >= 11 is 0. The Morgan fingerprint density at radius 1 is 1.03 bits per heavy atom. The first kappa shape index (κ1) is 20.9. The fraction of sp³-hybridized carbons (Fsp3) is 0.300. The number of carbonyl (C=O) groups is 2. The SMILES string of the molecule is CC(=O)N1CCN(S(=O)(=O)c2cccc(C(=O)Nc3cc(F)ccc3C)c2)CC1. The molecular formula is C20H22FN3O4S. The molecule has 0 aromatic heterocycles. The number of halogens is 1. The Labute approximate surface area is 169 Å². The number of hydrogen-bond acceptors (Lipinski definition) is 4. The maximum absolute atomic E-state index is 13.4. The summed E-state index contributed by atoms with van der Waals surface area (Å²) in [5.41, 5.74) is 1.16. The van der Waals surface area contributed by atoms with Crippen molar-refractivity contribution >= 4 is 27.5 Å². The van der Waals surface area contributed by atoms with Gasteiger partial charge in [-0.05, 0) is 42.8 Å². The minimum Gasteiger partial charge on any atom is -0.340 e. The van der Waals surface area contributed by atoms with Crippen LogP contribution in [-0.4, -0.2) is 55.6 Å². The van der Waals surface area contributed by atoms with E-state index >= 15 is 0 Å². The van der Waals surface area contributed by atoms with Gasteiger partial charge in [-0.2, -0.15) is 4.31 Å². The number of sulfonamides is 1. The van der Waals surface area contributed by atoms with Crippen LogP contribution in [0.1, 0.15) is 22.8 Å². The van der Waals surface area contributed by atoms with Crippen LogP contribution in [0.15, 0.2) is 47.4 Å². The highest BCUT2D eigenvalue weighted by molar-refractivity contribution is 7.89. The number of rotatable bonds is 4. The Hall–Kier alpha value is -2.78. The lowest BCUT2D eigenvalue weighted by Crippen LogP contribution is -2.49. The van der Waals surface area contributed by atoms with Crippen molar-refractivity contribution < 1.29 is 22.4 Å². The third-order valence-electron chi connectivity index (χ3n) is 4.87. The van der Waals surface area contributed by atoms with E-state index < -0.39 is 21.7 Å². The van der Waals surface area contributed by atoms with Crippen LogP contribution in [0.3, 0.4) is 0 Å². The Kier molecular flexibility index (Phi) is 5.99. The standard InChI is InChI=1S/C20H22FN3O4S/c1-14-6-7-17(21)13-19(14)22-20(26)16-4-3-5-18(12-16)29(27,28)24-10-8-23(9-11-24)15(2)25/h3-7,12-13H,8-11H2,1-2H3,(H,22,26). The first-order chi connectivity index (χ1) is 13.7. The average Bonchev–Trinajstić information content (AvgIpc) is 2.71. The lowest BCUT2D eigenvalue weighted by atomic mass is 10.1. The molecule has 2 aromatic carbocycles. The van der Waals surface area contributed by atoms with Gasteiger partial charge in [0.05, 0.1) is 4.90 Å². The summed E-state index contributed by atoms with van der Waals surface area (Å²) < 4.78 is 40.6. The van der Waals surface area contributed by atoms with E-state index in [1.165, 1.54) is 47.6 Å². The van der Waals surface area contributed by atoms with E-state index in [1.54, 1.807) is 17.9 Å². The van der Waals surface area contributed by atoms with Gasteiger partial charge in [0.25, 0.3) is 5.91 Å². The third-order valence-corrected chi connectivity index (χ3v) is 6.76. The molecule has 7 nitrogen and oxygen atoms in total. The molecule has 0 spiro atoms. The lowest BCUT2D eigenvalue weighted by Gasteiger charge is -2.33. The molecule has 1 saturated heterocycles. The number of aryl methyl sites for hydroxylation is 1. The number of carbonyl (C=O) groups excluding carboxylic acids is 2. The molecule has 1 heterocycles.